The summed E-state index contributed by atoms with van der Waals surface area (Å²) in [5, 5.41) is 16.5. The van der Waals surface area contributed by atoms with Crippen molar-refractivity contribution in [3.05, 3.63) is 48.0 Å². The van der Waals surface area contributed by atoms with Crippen LogP contribution in [-0.2, 0) is 0 Å². The molecule has 6 nitrogen and oxygen atoms in total. The van der Waals surface area contributed by atoms with Crippen molar-refractivity contribution in [2.45, 2.75) is 6.92 Å². The maximum atomic E-state index is 9.73. The summed E-state index contributed by atoms with van der Waals surface area (Å²) in [6.45, 7) is 5.42. The van der Waals surface area contributed by atoms with Gasteiger partial charge in [0, 0.05) is 18.7 Å². The lowest BCUT2D eigenvalue weighted by Gasteiger charge is -2.35. The van der Waals surface area contributed by atoms with Crippen LogP contribution in [0, 0.1) is 0 Å². The van der Waals surface area contributed by atoms with Crippen LogP contribution in [0.5, 0.6) is 17.2 Å². The number of hydrogen-bond donors (Lipinski definition) is 1. The normalized spacial score (nSPS) is 15.1. The molecule has 6 heteroatoms. The van der Waals surface area contributed by atoms with Crippen molar-refractivity contribution in [1.29, 1.82) is 0 Å². The van der Waals surface area contributed by atoms with Gasteiger partial charge < -0.3 is 19.5 Å². The van der Waals surface area contributed by atoms with Gasteiger partial charge in [0.1, 0.15) is 5.75 Å². The van der Waals surface area contributed by atoms with Gasteiger partial charge in [0.2, 0.25) is 0 Å². The van der Waals surface area contributed by atoms with Crippen LogP contribution in [0.3, 0.4) is 0 Å². The smallest absolute Gasteiger partial charge is 0.161 e. The van der Waals surface area contributed by atoms with E-state index >= 15 is 0 Å². The minimum Gasteiger partial charge on any atom is -0.504 e. The van der Waals surface area contributed by atoms with Crippen LogP contribution in [-0.4, -0.2) is 56.2 Å². The minimum absolute atomic E-state index is 0.134. The zero-order valence-electron chi connectivity index (χ0n) is 15.5. The van der Waals surface area contributed by atoms with Gasteiger partial charge in [0.15, 0.2) is 11.5 Å². The third-order valence-corrected chi connectivity index (χ3v) is 4.57. The number of piperazine rings is 1. The molecule has 0 saturated carbocycles. The molecule has 3 rings (SSSR count). The Kier molecular flexibility index (Phi) is 5.51. The van der Waals surface area contributed by atoms with E-state index in [0.29, 0.717) is 5.75 Å². The molecule has 1 N–H and O–H groups in total. The average Bonchev–Trinajstić information content (AvgIpc) is 2.69. The van der Waals surface area contributed by atoms with E-state index in [4.69, 9.17) is 14.6 Å². The second-order valence-corrected chi connectivity index (χ2v) is 6.18. The molecule has 0 radical (unpaired) electrons. The monoisotopic (exact) mass is 355 g/mol. The molecule has 26 heavy (non-hydrogen) atoms. The summed E-state index contributed by atoms with van der Waals surface area (Å²) >= 11 is 0. The zero-order valence-corrected chi connectivity index (χ0v) is 15.5. The fourth-order valence-corrected chi connectivity index (χ4v) is 3.10. The first kappa shape index (κ1) is 17.9. The number of aromatic hydroxyl groups is 1. The Morgan fingerprint density at radius 1 is 0.962 bits per heavy atom. The van der Waals surface area contributed by atoms with E-state index in [1.54, 1.807) is 26.4 Å². The number of hydrazone groups is 1. The zero-order chi connectivity index (χ0) is 18.5. The second kappa shape index (κ2) is 7.99. The summed E-state index contributed by atoms with van der Waals surface area (Å²) in [4.78, 5) is 2.32. The van der Waals surface area contributed by atoms with Gasteiger partial charge in [-0.3, -0.25) is 5.01 Å². The summed E-state index contributed by atoms with van der Waals surface area (Å²) in [5.74, 6) is 1.49. The molecular weight excluding hydrogens is 330 g/mol. The van der Waals surface area contributed by atoms with Gasteiger partial charge in [-0.25, -0.2) is 0 Å². The van der Waals surface area contributed by atoms with Gasteiger partial charge >= 0.3 is 0 Å². The van der Waals surface area contributed by atoms with Crippen molar-refractivity contribution in [1.82, 2.24) is 5.01 Å². The SMILES string of the molecule is COc1cc(/C(C)=N/N2CCN(c3ccccc3OC)CC2)ccc1O. The number of hydrogen-bond acceptors (Lipinski definition) is 6. The number of anilines is 1. The van der Waals surface area contributed by atoms with E-state index in [-0.39, 0.29) is 5.75 Å². The Morgan fingerprint density at radius 2 is 1.65 bits per heavy atom. The van der Waals surface area contributed by atoms with Crippen molar-refractivity contribution in [2.24, 2.45) is 5.10 Å². The molecule has 138 valence electrons. The number of methoxy groups -OCH3 is 2. The third kappa shape index (κ3) is 3.85. The van der Waals surface area contributed by atoms with Gasteiger partial charge in [-0.2, -0.15) is 5.10 Å². The molecule has 1 aliphatic rings. The van der Waals surface area contributed by atoms with Crippen LogP contribution in [0.4, 0.5) is 5.69 Å². The number of para-hydroxylation sites is 2. The molecule has 0 bridgehead atoms. The fraction of sp³-hybridized carbons (Fsp3) is 0.350. The lowest BCUT2D eigenvalue weighted by molar-refractivity contribution is 0.269. The van der Waals surface area contributed by atoms with Crippen molar-refractivity contribution in [3.63, 3.8) is 0 Å². The average molecular weight is 355 g/mol. The van der Waals surface area contributed by atoms with E-state index in [1.165, 1.54) is 0 Å². The summed E-state index contributed by atoms with van der Waals surface area (Å²) in [7, 11) is 3.25. The highest BCUT2D eigenvalue weighted by Crippen LogP contribution is 2.29. The molecule has 1 fully saturated rings. The molecular formula is C20H25N3O3. The molecule has 1 aliphatic heterocycles. The molecule has 0 amide bonds. The maximum Gasteiger partial charge on any atom is 0.161 e. The van der Waals surface area contributed by atoms with Gasteiger partial charge in [0.25, 0.3) is 0 Å². The number of nitrogens with zero attached hydrogens (tertiary/aromatic N) is 3. The minimum atomic E-state index is 0.134. The summed E-state index contributed by atoms with van der Waals surface area (Å²) in [6, 6.07) is 13.4. The van der Waals surface area contributed by atoms with Gasteiger partial charge in [-0.1, -0.05) is 12.1 Å². The predicted molar refractivity (Wildman–Crippen MR) is 104 cm³/mol. The highest BCUT2D eigenvalue weighted by atomic mass is 16.5. The summed E-state index contributed by atoms with van der Waals surface area (Å²) < 4.78 is 10.6. The number of phenolic OH excluding ortho intramolecular Hbond substituents is 1. The Balaban J connectivity index is 1.67. The predicted octanol–water partition coefficient (Wildman–Crippen LogP) is 2.96. The first-order chi connectivity index (χ1) is 12.6. The maximum absolute atomic E-state index is 9.73. The number of ether oxygens (including phenoxy) is 2. The Hall–Kier alpha value is -2.89. The highest BCUT2D eigenvalue weighted by molar-refractivity contribution is 5.99. The van der Waals surface area contributed by atoms with E-state index in [9.17, 15) is 5.11 Å². The first-order valence-electron chi connectivity index (χ1n) is 8.68. The van der Waals surface area contributed by atoms with Crippen molar-refractivity contribution >= 4 is 11.4 Å². The standard InChI is InChI=1S/C20H25N3O3/c1-15(16-8-9-18(24)20(14-16)26-3)21-23-12-10-22(11-13-23)17-6-4-5-7-19(17)25-2/h4-9,14,24H,10-13H2,1-3H3/b21-15+. The summed E-state index contributed by atoms with van der Waals surface area (Å²) in [6.07, 6.45) is 0. The molecule has 0 atom stereocenters. The Labute approximate surface area is 154 Å². The fourth-order valence-electron chi connectivity index (χ4n) is 3.10. The lowest BCUT2D eigenvalue weighted by Crippen LogP contribution is -2.44. The van der Waals surface area contributed by atoms with Gasteiger partial charge in [-0.15, -0.1) is 0 Å². The largest absolute Gasteiger partial charge is 0.504 e. The van der Waals surface area contributed by atoms with Crippen LogP contribution < -0.4 is 14.4 Å². The van der Waals surface area contributed by atoms with Crippen LogP contribution in [0.1, 0.15) is 12.5 Å². The Morgan fingerprint density at radius 3 is 2.35 bits per heavy atom. The van der Waals surface area contributed by atoms with E-state index in [2.05, 4.69) is 16.0 Å². The van der Waals surface area contributed by atoms with Gasteiger partial charge in [0.05, 0.1) is 38.7 Å². The number of phenols is 1. The van der Waals surface area contributed by atoms with E-state index in [0.717, 1.165) is 48.9 Å². The molecule has 1 heterocycles. The van der Waals surface area contributed by atoms with Crippen LogP contribution in [0.2, 0.25) is 0 Å². The van der Waals surface area contributed by atoms with Crippen molar-refractivity contribution in [3.8, 4) is 17.2 Å². The van der Waals surface area contributed by atoms with Gasteiger partial charge in [-0.05, 0) is 37.3 Å². The van der Waals surface area contributed by atoms with Crippen molar-refractivity contribution in [2.75, 3.05) is 45.3 Å². The second-order valence-electron chi connectivity index (χ2n) is 6.18. The molecule has 0 spiro atoms. The quantitative estimate of drug-likeness (QED) is 0.836. The molecule has 1 saturated heterocycles. The van der Waals surface area contributed by atoms with Crippen LogP contribution in [0.25, 0.3) is 0 Å². The highest BCUT2D eigenvalue weighted by Gasteiger charge is 2.19. The topological polar surface area (TPSA) is 57.5 Å². The third-order valence-electron chi connectivity index (χ3n) is 4.57. The van der Waals surface area contributed by atoms with E-state index < -0.39 is 0 Å². The number of rotatable bonds is 5. The number of benzene rings is 2. The Bertz CT molecular complexity index is 784. The lowest BCUT2D eigenvalue weighted by atomic mass is 10.1. The van der Waals surface area contributed by atoms with Crippen LogP contribution >= 0.6 is 0 Å². The summed E-state index contributed by atoms with van der Waals surface area (Å²) in [5.41, 5.74) is 2.96. The van der Waals surface area contributed by atoms with Crippen LogP contribution in [0.15, 0.2) is 47.6 Å². The molecule has 2 aromatic rings. The molecule has 0 aliphatic carbocycles. The van der Waals surface area contributed by atoms with Crippen molar-refractivity contribution < 1.29 is 14.6 Å². The molecule has 2 aromatic carbocycles. The van der Waals surface area contributed by atoms with E-state index in [1.807, 2.05) is 31.2 Å². The molecule has 0 unspecified atom stereocenters. The molecule has 0 aromatic heterocycles. The first-order valence-corrected chi connectivity index (χ1v) is 8.68.